The number of halogens is 2. The number of allylic oxidation sites excluding steroid dienone is 1. The van der Waals surface area contributed by atoms with Crippen LogP contribution in [0.25, 0.3) is 5.57 Å². The third kappa shape index (κ3) is 16.8. The number of aliphatic hydroxyl groups is 8. The minimum Gasteiger partial charge on any atom is -0.508 e. The fourth-order valence-corrected chi connectivity index (χ4v) is 11.5. The van der Waals surface area contributed by atoms with Gasteiger partial charge in [0.05, 0.1) is 29.2 Å². The SMILES string of the molecule is CC(C)C[C@H](C(=O)NC1C(=O)N[C@@H](CC(N)=O)C(=O)N[C@H]2C(=O)N[C@@H](C=O)c3ccc(O)c(c3)C3=C(CC(O)C=C3O)[C@@H](C(=O)O)NC(=O)[C@H](N)C(O)c3ccc(c(Cl)c3)Oc3cc2cc(c3OC2OC(CO)C(O)C(O)C2O)Oc2ccc(cc2Cl)C1O)N(C)C(=O)OC(C)(C)C. The Morgan fingerprint density at radius 1 is 0.765 bits per heavy atom. The molecule has 10 rings (SSSR count). The smallest absolute Gasteiger partial charge is 0.410 e. The predicted molar refractivity (Wildman–Crippen MR) is 340 cm³/mol. The maximum atomic E-state index is 15.5. The number of nitrogens with zero attached hydrogens (tertiary/aromatic N) is 1. The Labute approximate surface area is 568 Å². The first-order valence-electron chi connectivity index (χ1n) is 30.3. The van der Waals surface area contributed by atoms with E-state index in [-0.39, 0.29) is 41.1 Å². The molecule has 9 bridgehead atoms. The lowest BCUT2D eigenvalue weighted by Gasteiger charge is -2.39. The Morgan fingerprint density at radius 2 is 1.37 bits per heavy atom. The number of carboxylic acids is 1. The van der Waals surface area contributed by atoms with Crippen molar-refractivity contribution in [1.29, 1.82) is 0 Å². The van der Waals surface area contributed by atoms with E-state index >= 15 is 9.59 Å². The first-order chi connectivity index (χ1) is 46.0. The van der Waals surface area contributed by atoms with Crippen molar-refractivity contribution in [2.75, 3.05) is 13.7 Å². The van der Waals surface area contributed by atoms with Gasteiger partial charge in [-0.25, -0.2) is 9.59 Å². The summed E-state index contributed by atoms with van der Waals surface area (Å²) < 4.78 is 30.4. The van der Waals surface area contributed by atoms with Gasteiger partial charge >= 0.3 is 12.1 Å². The fraction of sp³-hybridized carbons (Fsp3) is 0.422. The number of phenolic OH excluding ortho intramolecular Hbond substituents is 1. The van der Waals surface area contributed by atoms with Crippen molar-refractivity contribution in [1.82, 2.24) is 31.5 Å². The number of carboxylic acid groups (broad SMARTS) is 1. The van der Waals surface area contributed by atoms with Crippen molar-refractivity contribution >= 4 is 82.6 Å². The summed E-state index contributed by atoms with van der Waals surface area (Å²) in [5.41, 5.74) is 8.31. The van der Waals surface area contributed by atoms with Crippen LogP contribution in [0.3, 0.4) is 0 Å². The highest BCUT2D eigenvalue weighted by atomic mass is 35.5. The number of aliphatic hydroxyl groups excluding tert-OH is 8. The average molecular weight is 1410 g/mol. The zero-order valence-electron chi connectivity index (χ0n) is 53.1. The number of likely N-dealkylation sites (N-methyl/N-ethyl adjacent to an activating group) is 1. The molecule has 0 radical (unpaired) electrons. The van der Waals surface area contributed by atoms with Crippen LogP contribution < -0.4 is 52.3 Å². The van der Waals surface area contributed by atoms with E-state index < -0.39 is 231 Å². The van der Waals surface area contributed by atoms with Gasteiger partial charge in [-0.2, -0.15) is 0 Å². The van der Waals surface area contributed by atoms with Crippen molar-refractivity contribution < 1.29 is 118 Å². The highest BCUT2D eigenvalue weighted by Crippen LogP contribution is 2.49. The Balaban J connectivity index is 1.39. The lowest BCUT2D eigenvalue weighted by molar-refractivity contribution is -0.277. The van der Waals surface area contributed by atoms with Gasteiger partial charge in [-0.3, -0.25) is 33.7 Å². The number of carbonyl (C=O) groups excluding carboxylic acids is 8. The van der Waals surface area contributed by atoms with E-state index in [0.717, 1.165) is 77.7 Å². The number of nitrogens with two attached hydrogens (primary N) is 2. The van der Waals surface area contributed by atoms with Gasteiger partial charge in [0.25, 0.3) is 0 Å². The van der Waals surface area contributed by atoms with Gasteiger partial charge in [-0.05, 0) is 116 Å². The molecular formula is C64H74Cl2N8O24. The van der Waals surface area contributed by atoms with E-state index in [1.54, 1.807) is 34.6 Å². The topological polar surface area (TPSA) is 518 Å². The molecule has 15 atom stereocenters. The molecule has 0 aromatic heterocycles. The Morgan fingerprint density at radius 3 is 1.92 bits per heavy atom. The number of fused-ring (bicyclic) bond motifs is 16. The summed E-state index contributed by atoms with van der Waals surface area (Å²) in [4.78, 5) is 128. The molecule has 0 spiro atoms. The summed E-state index contributed by atoms with van der Waals surface area (Å²) in [5, 5.41) is 123. The standard InChI is InChI=1S/C64H74Cl2N8O24/c1-24(2)13-36(74(6)63(93)98-64(3,4)5)57(87)73-49-51(82)27-9-12-40(33(66)16-27)95-42-18-28-17-41(55(42)97-62-54(85)53(84)52(83)43(23-76)96-62)94-39-11-8-26(15-32(39)65)50(81)46(68)58(88)72-48(61(91)92)31-19-29(77)20-38(79)45(31)30-14-25(7-10-37(30)78)35(22-75)70-59(89)47(28)71-56(86)34(21-44(67)80)69-60(49)90/h7-12,14-18,20,22,24,29,34-36,43,46-54,62,76-79,81-85H,13,19,21,23,68H2,1-6H3,(H2,67,80)(H,69,90)(H,70,89)(H,71,86)(H,72,88)(H,73,87)(H,91,92)/t29?,34-,35-,36+,43?,46+,47+,48-,49?,50?,51?,52?,53?,54?,62?/m0/s1. The van der Waals surface area contributed by atoms with Crippen LogP contribution >= 0.6 is 23.2 Å². The van der Waals surface area contributed by atoms with E-state index in [1.807, 2.05) is 0 Å². The van der Waals surface area contributed by atoms with E-state index in [0.29, 0.717) is 0 Å². The molecule has 1 saturated heterocycles. The van der Waals surface area contributed by atoms with Gasteiger partial charge in [0.15, 0.2) is 11.5 Å². The molecule has 98 heavy (non-hydrogen) atoms. The number of benzene rings is 4. The molecule has 0 saturated carbocycles. The third-order valence-electron chi connectivity index (χ3n) is 16.1. The van der Waals surface area contributed by atoms with Crippen molar-refractivity contribution in [3.05, 3.63) is 122 Å². The molecule has 32 nitrogen and oxygen atoms in total. The number of phenols is 1. The van der Waals surface area contributed by atoms with Crippen LogP contribution in [0.2, 0.25) is 10.0 Å². The summed E-state index contributed by atoms with van der Waals surface area (Å²) in [6.07, 6.45) is -17.5. The molecule has 6 aliphatic rings. The number of carbonyl (C=O) groups is 9. The van der Waals surface area contributed by atoms with Crippen molar-refractivity contribution in [2.24, 2.45) is 17.4 Å². The number of hydrogen-bond donors (Lipinski definition) is 17. The number of ether oxygens (including phenoxy) is 5. The van der Waals surface area contributed by atoms with Gasteiger partial charge in [0.2, 0.25) is 47.5 Å². The first-order valence-corrected chi connectivity index (χ1v) is 31.1. The maximum absolute atomic E-state index is 15.5. The minimum absolute atomic E-state index is 0.0500. The molecule has 5 heterocycles. The average Bonchev–Trinajstić information content (AvgIpc) is 0.778. The van der Waals surface area contributed by atoms with E-state index in [1.165, 1.54) is 7.05 Å². The summed E-state index contributed by atoms with van der Waals surface area (Å²) in [6.45, 7) is 7.23. The van der Waals surface area contributed by atoms with Gasteiger partial charge in [0, 0.05) is 24.6 Å². The highest BCUT2D eigenvalue weighted by molar-refractivity contribution is 6.32. The zero-order valence-corrected chi connectivity index (χ0v) is 54.6. The van der Waals surface area contributed by atoms with E-state index in [9.17, 15) is 84.6 Å². The maximum Gasteiger partial charge on any atom is 0.410 e. The van der Waals surface area contributed by atoms with Crippen LogP contribution in [-0.4, -0.2) is 196 Å². The summed E-state index contributed by atoms with van der Waals surface area (Å²) in [7, 11) is 1.26. The minimum atomic E-state index is -2.29. The van der Waals surface area contributed by atoms with Crippen molar-refractivity contribution in [3.63, 3.8) is 0 Å². The number of amides is 7. The summed E-state index contributed by atoms with van der Waals surface area (Å²) in [5.74, 6) is -14.4. The van der Waals surface area contributed by atoms with Crippen LogP contribution in [-0.2, 0) is 47.8 Å². The van der Waals surface area contributed by atoms with Crippen LogP contribution in [0, 0.1) is 5.92 Å². The van der Waals surface area contributed by atoms with Gasteiger partial charge < -0.3 is 118 Å². The first kappa shape index (κ1) is 74.6. The highest BCUT2D eigenvalue weighted by Gasteiger charge is 2.47. The van der Waals surface area contributed by atoms with Crippen LogP contribution in [0.4, 0.5) is 4.79 Å². The summed E-state index contributed by atoms with van der Waals surface area (Å²) >= 11 is 13.9. The van der Waals surface area contributed by atoms with E-state index in [4.69, 9.17) is 58.4 Å². The molecule has 4 aromatic carbocycles. The molecule has 4 aromatic rings. The zero-order chi connectivity index (χ0) is 72.3. The van der Waals surface area contributed by atoms with Gasteiger partial charge in [-0.1, -0.05) is 55.2 Å². The van der Waals surface area contributed by atoms with Gasteiger partial charge in [-0.15, -0.1) is 0 Å². The molecule has 5 aliphatic heterocycles. The number of aldehydes is 1. The molecule has 7 amide bonds. The molecular weight excluding hydrogens is 1340 g/mol. The molecule has 19 N–H and O–H groups in total. The van der Waals surface area contributed by atoms with Crippen molar-refractivity contribution in [2.45, 2.75) is 151 Å². The third-order valence-corrected chi connectivity index (χ3v) is 16.7. The largest absolute Gasteiger partial charge is 0.508 e. The Bertz CT molecular complexity index is 3840. The number of aliphatic carboxylic acids is 1. The molecule has 34 heteroatoms. The molecule has 9 unspecified atom stereocenters. The second-order valence-electron chi connectivity index (χ2n) is 25.0. The second kappa shape index (κ2) is 30.7. The fourth-order valence-electron chi connectivity index (χ4n) is 11.1. The van der Waals surface area contributed by atoms with Gasteiger partial charge in [0.1, 0.15) is 114 Å². The summed E-state index contributed by atoms with van der Waals surface area (Å²) in [6, 6.07) is -2.54. The second-order valence-corrected chi connectivity index (χ2v) is 25.8. The van der Waals surface area contributed by atoms with Crippen LogP contribution in [0.1, 0.15) is 106 Å². The number of nitrogens with one attached hydrogen (secondary N) is 5. The lowest BCUT2D eigenvalue weighted by Crippen LogP contribution is -2.60. The number of aromatic hydroxyl groups is 1. The Hall–Kier alpha value is -9.19. The van der Waals surface area contributed by atoms with Crippen LogP contribution in [0.15, 0.2) is 84.1 Å². The predicted octanol–water partition coefficient (Wildman–Crippen LogP) is 0.753. The molecule has 1 fully saturated rings. The lowest BCUT2D eigenvalue weighted by atomic mass is 9.84. The van der Waals surface area contributed by atoms with Crippen LogP contribution in [0.5, 0.6) is 34.5 Å². The monoisotopic (exact) mass is 1410 g/mol. The Kier molecular flexibility index (Phi) is 23.4. The normalized spacial score (nSPS) is 26.6. The quantitative estimate of drug-likeness (QED) is 0.0870. The molecule has 1 aliphatic carbocycles. The molecule has 528 valence electrons. The van der Waals surface area contributed by atoms with Crippen molar-refractivity contribution in [3.8, 4) is 34.5 Å². The number of primary amides is 1. The van der Waals surface area contributed by atoms with E-state index in [2.05, 4.69) is 26.6 Å². The number of hydrogen-bond acceptors (Lipinski definition) is 24. The number of rotatable bonds is 12.